The van der Waals surface area contributed by atoms with Crippen molar-refractivity contribution in [1.29, 1.82) is 0 Å². The fourth-order valence-corrected chi connectivity index (χ4v) is 4.35. The van der Waals surface area contributed by atoms with Crippen LogP contribution in [-0.2, 0) is 17.9 Å². The van der Waals surface area contributed by atoms with Gasteiger partial charge in [0.1, 0.15) is 18.2 Å². The molecule has 3 aromatic rings. The minimum absolute atomic E-state index is 0.137. The summed E-state index contributed by atoms with van der Waals surface area (Å²) in [6, 6.07) is 18.4. The van der Waals surface area contributed by atoms with Gasteiger partial charge in [-0.15, -0.1) is 0 Å². The van der Waals surface area contributed by atoms with Crippen molar-refractivity contribution in [3.63, 3.8) is 0 Å². The van der Waals surface area contributed by atoms with Gasteiger partial charge in [0.25, 0.3) is 11.1 Å². The van der Waals surface area contributed by atoms with Crippen LogP contribution in [0.4, 0.5) is 9.18 Å². The molecule has 3 aromatic carbocycles. The van der Waals surface area contributed by atoms with Crippen LogP contribution in [0.25, 0.3) is 6.08 Å². The number of halogens is 3. The van der Waals surface area contributed by atoms with Gasteiger partial charge in [0.2, 0.25) is 0 Å². The lowest BCUT2D eigenvalue weighted by atomic mass is 10.1. The molecule has 1 fully saturated rings. The van der Waals surface area contributed by atoms with Crippen LogP contribution in [0.2, 0.25) is 10.0 Å². The van der Waals surface area contributed by atoms with Gasteiger partial charge in [-0.25, -0.2) is 4.39 Å². The molecular formula is C24H16Cl2FNO3S. The van der Waals surface area contributed by atoms with E-state index in [2.05, 4.69) is 0 Å². The molecule has 32 heavy (non-hydrogen) atoms. The van der Waals surface area contributed by atoms with E-state index in [1.165, 1.54) is 6.07 Å². The highest BCUT2D eigenvalue weighted by molar-refractivity contribution is 8.18. The Morgan fingerprint density at radius 2 is 1.75 bits per heavy atom. The predicted molar refractivity (Wildman–Crippen MR) is 125 cm³/mol. The van der Waals surface area contributed by atoms with Crippen LogP contribution >= 0.6 is 35.0 Å². The first-order valence-corrected chi connectivity index (χ1v) is 11.1. The smallest absolute Gasteiger partial charge is 0.293 e. The molecule has 0 spiro atoms. The zero-order valence-electron chi connectivity index (χ0n) is 16.6. The number of rotatable bonds is 6. The molecule has 0 radical (unpaired) electrons. The monoisotopic (exact) mass is 487 g/mol. The van der Waals surface area contributed by atoms with Gasteiger partial charge in [-0.1, -0.05) is 53.5 Å². The van der Waals surface area contributed by atoms with Crippen LogP contribution in [0.3, 0.4) is 0 Å². The number of hydrogen-bond acceptors (Lipinski definition) is 4. The Hall–Kier alpha value is -2.80. The maximum atomic E-state index is 14.0. The number of imide groups is 1. The number of amides is 2. The fourth-order valence-electron chi connectivity index (χ4n) is 3.13. The molecule has 1 aliphatic heterocycles. The van der Waals surface area contributed by atoms with E-state index < -0.39 is 17.0 Å². The second-order valence-corrected chi connectivity index (χ2v) is 8.83. The van der Waals surface area contributed by atoms with Crippen molar-refractivity contribution in [2.24, 2.45) is 0 Å². The van der Waals surface area contributed by atoms with E-state index in [9.17, 15) is 14.0 Å². The van der Waals surface area contributed by atoms with Gasteiger partial charge in [0.05, 0.1) is 11.4 Å². The summed E-state index contributed by atoms with van der Waals surface area (Å²) in [6.07, 6.45) is 1.56. The average molecular weight is 488 g/mol. The third kappa shape index (κ3) is 5.15. The molecular weight excluding hydrogens is 472 g/mol. The molecule has 0 bridgehead atoms. The van der Waals surface area contributed by atoms with E-state index >= 15 is 0 Å². The molecule has 4 nitrogen and oxygen atoms in total. The minimum Gasteiger partial charge on any atom is -0.488 e. The second-order valence-electron chi connectivity index (χ2n) is 6.96. The van der Waals surface area contributed by atoms with Crippen molar-refractivity contribution in [2.75, 3.05) is 0 Å². The van der Waals surface area contributed by atoms with Gasteiger partial charge >= 0.3 is 0 Å². The van der Waals surface area contributed by atoms with E-state index in [0.29, 0.717) is 21.4 Å². The number of nitrogens with zero attached hydrogens (tertiary/aromatic N) is 1. The summed E-state index contributed by atoms with van der Waals surface area (Å²) in [5.41, 5.74) is 1.70. The molecule has 0 unspecified atom stereocenters. The van der Waals surface area contributed by atoms with E-state index in [0.717, 1.165) is 22.2 Å². The van der Waals surface area contributed by atoms with Crippen LogP contribution in [0.5, 0.6) is 5.75 Å². The van der Waals surface area contributed by atoms with Crippen LogP contribution in [0, 0.1) is 5.82 Å². The molecule has 0 aliphatic carbocycles. The van der Waals surface area contributed by atoms with Gasteiger partial charge in [-0.05, 0) is 59.8 Å². The lowest BCUT2D eigenvalue weighted by Crippen LogP contribution is -2.27. The number of carbonyl (C=O) groups is 2. The standard InChI is InChI=1S/C24H16Cl2FNO3S/c25-18-6-3-4-15(10-18)14-31-21-9-8-19(26)11-17(21)12-22-23(29)28(24(30)32-22)13-16-5-1-2-7-20(16)27/h1-12H,13-14H2/b22-12+. The number of ether oxygens (including phenoxy) is 1. The highest BCUT2D eigenvalue weighted by Crippen LogP contribution is 2.36. The first-order chi connectivity index (χ1) is 15.4. The zero-order valence-corrected chi connectivity index (χ0v) is 18.9. The topological polar surface area (TPSA) is 46.6 Å². The van der Waals surface area contributed by atoms with Gasteiger partial charge in [0, 0.05) is 21.2 Å². The molecule has 1 saturated heterocycles. The highest BCUT2D eigenvalue weighted by Gasteiger charge is 2.35. The highest BCUT2D eigenvalue weighted by atomic mass is 35.5. The van der Waals surface area contributed by atoms with Crippen LogP contribution in [0.15, 0.2) is 71.6 Å². The van der Waals surface area contributed by atoms with Gasteiger partial charge in [-0.3, -0.25) is 14.5 Å². The Labute approximate surface area is 198 Å². The maximum absolute atomic E-state index is 14.0. The van der Waals surface area contributed by atoms with Crippen LogP contribution < -0.4 is 4.74 Å². The molecule has 4 rings (SSSR count). The minimum atomic E-state index is -0.496. The third-order valence-corrected chi connectivity index (χ3v) is 6.08. The fraction of sp³-hybridized carbons (Fsp3) is 0.0833. The number of carbonyl (C=O) groups excluding carboxylic acids is 2. The molecule has 8 heteroatoms. The number of benzene rings is 3. The lowest BCUT2D eigenvalue weighted by molar-refractivity contribution is -0.123. The summed E-state index contributed by atoms with van der Waals surface area (Å²) in [5.74, 6) is -0.471. The summed E-state index contributed by atoms with van der Waals surface area (Å²) in [4.78, 5) is 26.5. The SMILES string of the molecule is O=C1S/C(=C/c2cc(Cl)ccc2OCc2cccc(Cl)c2)C(=O)N1Cc1ccccc1F. The second kappa shape index (κ2) is 9.77. The Balaban J connectivity index is 1.56. The maximum Gasteiger partial charge on any atom is 0.293 e. The summed E-state index contributed by atoms with van der Waals surface area (Å²) in [7, 11) is 0. The normalized spacial score (nSPS) is 15.0. The van der Waals surface area contributed by atoms with Crippen molar-refractivity contribution >= 4 is 52.2 Å². The van der Waals surface area contributed by atoms with E-state index in [-0.39, 0.29) is 23.6 Å². The van der Waals surface area contributed by atoms with E-state index in [4.69, 9.17) is 27.9 Å². The predicted octanol–water partition coefficient (Wildman–Crippen LogP) is 6.95. The third-order valence-electron chi connectivity index (χ3n) is 4.70. The zero-order chi connectivity index (χ0) is 22.7. The van der Waals surface area contributed by atoms with Gasteiger partial charge in [0.15, 0.2) is 0 Å². The van der Waals surface area contributed by atoms with Crippen LogP contribution in [0.1, 0.15) is 16.7 Å². The van der Waals surface area contributed by atoms with Crippen molar-refractivity contribution < 1.29 is 18.7 Å². The van der Waals surface area contributed by atoms with Crippen molar-refractivity contribution in [3.8, 4) is 5.75 Å². The molecule has 2 amide bonds. The Kier molecular flexibility index (Phi) is 6.84. The van der Waals surface area contributed by atoms with Crippen molar-refractivity contribution in [1.82, 2.24) is 4.90 Å². The first kappa shape index (κ1) is 22.4. The molecule has 162 valence electrons. The largest absolute Gasteiger partial charge is 0.488 e. The quantitative estimate of drug-likeness (QED) is 0.353. The van der Waals surface area contributed by atoms with E-state index in [1.54, 1.807) is 54.6 Å². The Morgan fingerprint density at radius 3 is 2.53 bits per heavy atom. The first-order valence-electron chi connectivity index (χ1n) is 9.56. The van der Waals surface area contributed by atoms with Gasteiger partial charge < -0.3 is 4.74 Å². The average Bonchev–Trinajstić information content (AvgIpc) is 3.02. The molecule has 0 aromatic heterocycles. The van der Waals surface area contributed by atoms with Crippen LogP contribution in [-0.4, -0.2) is 16.0 Å². The lowest BCUT2D eigenvalue weighted by Gasteiger charge is -2.13. The molecule has 1 heterocycles. The summed E-state index contributed by atoms with van der Waals surface area (Å²) in [6.45, 7) is 0.125. The molecule has 1 aliphatic rings. The summed E-state index contributed by atoms with van der Waals surface area (Å²) in [5, 5.41) is 0.593. The molecule has 0 saturated carbocycles. The number of thioether (sulfide) groups is 1. The summed E-state index contributed by atoms with van der Waals surface area (Å²) < 4.78 is 19.9. The van der Waals surface area contributed by atoms with E-state index in [1.807, 2.05) is 12.1 Å². The number of hydrogen-bond donors (Lipinski definition) is 0. The molecule has 0 N–H and O–H groups in total. The van der Waals surface area contributed by atoms with Crippen molar-refractivity contribution in [2.45, 2.75) is 13.2 Å². The summed E-state index contributed by atoms with van der Waals surface area (Å²) >= 11 is 13.0. The molecule has 0 atom stereocenters. The Bertz CT molecular complexity index is 1230. The van der Waals surface area contributed by atoms with Crippen molar-refractivity contribution in [3.05, 3.63) is 104 Å². The Morgan fingerprint density at radius 1 is 0.969 bits per heavy atom. The van der Waals surface area contributed by atoms with Gasteiger partial charge in [-0.2, -0.15) is 0 Å².